The summed E-state index contributed by atoms with van der Waals surface area (Å²) >= 11 is 0. The van der Waals surface area contributed by atoms with Gasteiger partial charge in [0.25, 0.3) is 0 Å². The number of fused-ring (bicyclic) bond motifs is 1. The van der Waals surface area contributed by atoms with Crippen LogP contribution in [-0.2, 0) is 16.0 Å². The van der Waals surface area contributed by atoms with Crippen molar-refractivity contribution in [2.24, 2.45) is 5.92 Å². The summed E-state index contributed by atoms with van der Waals surface area (Å²) in [6.45, 7) is 15.3. The number of hydrogen-bond donors (Lipinski definition) is 0. The van der Waals surface area contributed by atoms with Crippen molar-refractivity contribution in [1.29, 1.82) is 0 Å². The first kappa shape index (κ1) is 34.5. The average molecular weight is 666 g/mol. The molecule has 5 heterocycles. The second-order valence-corrected chi connectivity index (χ2v) is 14.8. The summed E-state index contributed by atoms with van der Waals surface area (Å²) in [6.07, 6.45) is 7.50. The minimum absolute atomic E-state index is 0.0734. The molecule has 1 unspecified atom stereocenters. The van der Waals surface area contributed by atoms with E-state index in [1.165, 1.54) is 12.8 Å². The first-order chi connectivity index (χ1) is 23.5. The maximum atomic E-state index is 12.7. The first-order valence-corrected chi connectivity index (χ1v) is 17.8. The van der Waals surface area contributed by atoms with Gasteiger partial charge in [-0.2, -0.15) is 5.10 Å². The molecular formula is C39H51N7O3. The number of aromatic nitrogens is 4. The second-order valence-electron chi connectivity index (χ2n) is 14.8. The fourth-order valence-corrected chi connectivity index (χ4v) is 7.28. The van der Waals surface area contributed by atoms with E-state index in [0.717, 1.165) is 83.8 Å². The number of ether oxygens (including phenoxy) is 1. The minimum Gasteiger partial charge on any atom is -0.444 e. The van der Waals surface area contributed by atoms with Gasteiger partial charge in [-0.15, -0.1) is 0 Å². The molecule has 0 radical (unpaired) electrons. The third kappa shape index (κ3) is 8.84. The topological polar surface area (TPSA) is 96.7 Å². The van der Waals surface area contributed by atoms with Crippen LogP contribution < -0.4 is 4.90 Å². The largest absolute Gasteiger partial charge is 0.444 e. The lowest BCUT2D eigenvalue weighted by Crippen LogP contribution is -2.50. The zero-order valence-corrected chi connectivity index (χ0v) is 29.8. The highest BCUT2D eigenvalue weighted by molar-refractivity contribution is 5.74. The van der Waals surface area contributed by atoms with Crippen LogP contribution in [0.4, 0.5) is 10.5 Å². The van der Waals surface area contributed by atoms with Gasteiger partial charge < -0.3 is 24.2 Å². The average Bonchev–Trinajstić information content (AvgIpc) is 3.67. The molecule has 260 valence electrons. The number of aryl methyl sites for hydroxylation is 3. The number of piperazine rings is 1. The van der Waals surface area contributed by atoms with Gasteiger partial charge in [-0.05, 0) is 127 Å². The Hall–Kier alpha value is -4.31. The fraction of sp³-hybridized carbons (Fsp3) is 0.513. The molecule has 6 rings (SSSR count). The van der Waals surface area contributed by atoms with E-state index in [2.05, 4.69) is 64.2 Å². The van der Waals surface area contributed by atoms with Gasteiger partial charge >= 0.3 is 6.09 Å². The molecule has 49 heavy (non-hydrogen) atoms. The van der Waals surface area contributed by atoms with Gasteiger partial charge in [0.05, 0.1) is 11.4 Å². The summed E-state index contributed by atoms with van der Waals surface area (Å²) in [5, 5.41) is 5.88. The summed E-state index contributed by atoms with van der Waals surface area (Å²) in [6, 6.07) is 17.0. The van der Waals surface area contributed by atoms with Crippen LogP contribution >= 0.6 is 0 Å². The van der Waals surface area contributed by atoms with Crippen LogP contribution in [0, 0.1) is 19.8 Å². The smallest absolute Gasteiger partial charge is 0.410 e. The highest BCUT2D eigenvalue weighted by atomic mass is 16.6. The number of carbonyl (C=O) groups is 2. The van der Waals surface area contributed by atoms with Crippen molar-refractivity contribution in [2.45, 2.75) is 78.2 Å². The van der Waals surface area contributed by atoms with E-state index in [1.54, 1.807) is 11.1 Å². The number of carbonyl (C=O) groups excluding carboxylic acids is 2. The Morgan fingerprint density at radius 1 is 1.02 bits per heavy atom. The predicted molar refractivity (Wildman–Crippen MR) is 194 cm³/mol. The lowest BCUT2D eigenvalue weighted by atomic mass is 9.94. The molecule has 3 aromatic heterocycles. The Bertz CT molecular complexity index is 1760. The number of nitrogens with zero attached hydrogens (tertiary/aromatic N) is 7. The number of benzene rings is 1. The van der Waals surface area contributed by atoms with Gasteiger partial charge in [0, 0.05) is 80.3 Å². The van der Waals surface area contributed by atoms with E-state index >= 15 is 0 Å². The molecule has 2 aliphatic rings. The van der Waals surface area contributed by atoms with Crippen molar-refractivity contribution >= 4 is 29.1 Å². The van der Waals surface area contributed by atoms with E-state index in [-0.39, 0.29) is 12.0 Å². The van der Waals surface area contributed by atoms with Gasteiger partial charge in [0.2, 0.25) is 0 Å². The maximum Gasteiger partial charge on any atom is 0.410 e. The number of likely N-dealkylation sites (tertiary alicyclic amines) is 1. The van der Waals surface area contributed by atoms with Crippen molar-refractivity contribution in [3.05, 3.63) is 77.4 Å². The Morgan fingerprint density at radius 3 is 2.55 bits per heavy atom. The highest BCUT2D eigenvalue weighted by Crippen LogP contribution is 2.32. The lowest BCUT2D eigenvalue weighted by molar-refractivity contribution is -0.108. The summed E-state index contributed by atoms with van der Waals surface area (Å²) in [5.41, 5.74) is 6.69. The monoisotopic (exact) mass is 665 g/mol. The maximum absolute atomic E-state index is 12.7. The molecule has 1 aromatic carbocycles. The molecule has 2 saturated heterocycles. The molecule has 0 aliphatic carbocycles. The molecule has 0 bridgehead atoms. The SMILES string of the molecule is Cc1cc(C)n(-c2cc(C(CC=O)CN3CC[C@@H](CCCc4ccc5cccnc5n4)C3)cc(N3CCN(C(=O)OC(C)(C)C)CC3)c2)n1. The second kappa shape index (κ2) is 15.1. The van der Waals surface area contributed by atoms with E-state index in [9.17, 15) is 9.59 Å². The summed E-state index contributed by atoms with van der Waals surface area (Å²) in [5.74, 6) is 0.720. The van der Waals surface area contributed by atoms with E-state index in [0.29, 0.717) is 38.5 Å². The summed E-state index contributed by atoms with van der Waals surface area (Å²) in [4.78, 5) is 40.7. The predicted octanol–water partition coefficient (Wildman–Crippen LogP) is 6.51. The summed E-state index contributed by atoms with van der Waals surface area (Å²) in [7, 11) is 0. The van der Waals surface area contributed by atoms with Crippen molar-refractivity contribution in [3.63, 3.8) is 0 Å². The quantitative estimate of drug-likeness (QED) is 0.168. The third-order valence-corrected chi connectivity index (χ3v) is 9.74. The fourth-order valence-electron chi connectivity index (χ4n) is 7.28. The van der Waals surface area contributed by atoms with Gasteiger partial charge in [0.1, 0.15) is 11.9 Å². The summed E-state index contributed by atoms with van der Waals surface area (Å²) < 4.78 is 7.63. The number of aldehydes is 1. The van der Waals surface area contributed by atoms with Crippen LogP contribution in [-0.4, -0.2) is 93.3 Å². The van der Waals surface area contributed by atoms with E-state index in [1.807, 2.05) is 38.4 Å². The zero-order valence-electron chi connectivity index (χ0n) is 29.8. The molecule has 2 fully saturated rings. The van der Waals surface area contributed by atoms with Gasteiger partial charge in [-0.3, -0.25) is 0 Å². The van der Waals surface area contributed by atoms with Gasteiger partial charge in [0.15, 0.2) is 5.65 Å². The number of hydrogen-bond acceptors (Lipinski definition) is 8. The van der Waals surface area contributed by atoms with Crippen LogP contribution in [0.3, 0.4) is 0 Å². The van der Waals surface area contributed by atoms with Crippen molar-refractivity contribution in [3.8, 4) is 5.69 Å². The number of pyridine rings is 2. The molecule has 10 heteroatoms. The number of anilines is 1. The highest BCUT2D eigenvalue weighted by Gasteiger charge is 2.28. The minimum atomic E-state index is -0.520. The molecule has 0 saturated carbocycles. The molecule has 10 nitrogen and oxygen atoms in total. The Kier molecular flexibility index (Phi) is 10.6. The van der Waals surface area contributed by atoms with E-state index in [4.69, 9.17) is 14.8 Å². The number of rotatable bonds is 11. The van der Waals surface area contributed by atoms with Crippen LogP contribution in [0.2, 0.25) is 0 Å². The molecule has 0 N–H and O–H groups in total. The normalized spacial score (nSPS) is 17.9. The van der Waals surface area contributed by atoms with Crippen LogP contribution in [0.25, 0.3) is 16.7 Å². The Morgan fingerprint density at radius 2 is 1.82 bits per heavy atom. The van der Waals surface area contributed by atoms with Crippen molar-refractivity contribution in [1.82, 2.24) is 29.5 Å². The van der Waals surface area contributed by atoms with Gasteiger partial charge in [-0.1, -0.05) is 0 Å². The first-order valence-electron chi connectivity index (χ1n) is 17.8. The molecule has 1 amide bonds. The van der Waals surface area contributed by atoms with Crippen molar-refractivity contribution in [2.75, 3.05) is 50.7 Å². The molecule has 4 aromatic rings. The Labute approximate surface area is 290 Å². The van der Waals surface area contributed by atoms with Crippen LogP contribution in [0.15, 0.2) is 54.7 Å². The molecular weight excluding hydrogens is 614 g/mol. The molecule has 2 aliphatic heterocycles. The van der Waals surface area contributed by atoms with Crippen LogP contribution in [0.1, 0.15) is 75.0 Å². The standard InChI is InChI=1S/C39H51N7O3/c1-28-22-29(2)46(42-28)36-24-33(23-35(25-36)44-17-19-45(20-18-44)38(48)49-39(3,4)5)32(14-21-47)27-43-16-13-30(26-43)8-6-10-34-12-11-31-9-7-15-40-37(31)41-34/h7,9,11-12,15,21-25,30,32H,6,8,10,13-14,16-20,26-27H2,1-5H3/t30-,32?/m1/s1. The third-order valence-electron chi connectivity index (χ3n) is 9.74. The number of amides is 1. The van der Waals surface area contributed by atoms with E-state index < -0.39 is 5.60 Å². The lowest BCUT2D eigenvalue weighted by Gasteiger charge is -2.37. The Balaban J connectivity index is 1.13. The van der Waals surface area contributed by atoms with Crippen LogP contribution in [0.5, 0.6) is 0 Å². The van der Waals surface area contributed by atoms with Gasteiger partial charge in [-0.25, -0.2) is 19.4 Å². The molecule has 2 atom stereocenters. The van der Waals surface area contributed by atoms with Crippen molar-refractivity contribution < 1.29 is 14.3 Å². The zero-order chi connectivity index (χ0) is 34.5. The molecule has 0 spiro atoms.